The Labute approximate surface area is 114 Å². The Kier molecular flexibility index (Phi) is 6.52. The third-order valence-electron chi connectivity index (χ3n) is 2.37. The van der Waals surface area contributed by atoms with E-state index in [0.29, 0.717) is 0 Å². The summed E-state index contributed by atoms with van der Waals surface area (Å²) in [6.07, 6.45) is 0.0827. The number of nitrogens with zero attached hydrogens (tertiary/aromatic N) is 1. The smallest absolute Gasteiger partial charge is 0.303 e. The number of aliphatic carboxylic acids is 1. The zero-order chi connectivity index (χ0) is 15.2. The van der Waals surface area contributed by atoms with Crippen LogP contribution in [0.1, 0.15) is 40.5 Å². The number of hydrogen-bond acceptors (Lipinski definition) is 3. The topological polar surface area (TPSA) is 86.7 Å². The first-order valence-electron chi connectivity index (χ1n) is 6.28. The van der Waals surface area contributed by atoms with Crippen LogP contribution in [0.3, 0.4) is 0 Å². The number of carbonyl (C=O) groups is 3. The summed E-state index contributed by atoms with van der Waals surface area (Å²) in [6.45, 7) is 7.27. The number of amides is 2. The Bertz CT molecular complexity index is 347. The summed E-state index contributed by atoms with van der Waals surface area (Å²) in [5, 5.41) is 11.4. The van der Waals surface area contributed by atoms with Gasteiger partial charge in [-0.1, -0.05) is 6.92 Å². The third-order valence-corrected chi connectivity index (χ3v) is 2.37. The third kappa shape index (κ3) is 9.04. The normalized spacial score (nSPS) is 12.7. The minimum absolute atomic E-state index is 0.0180. The van der Waals surface area contributed by atoms with Gasteiger partial charge in [-0.05, 0) is 26.7 Å². The van der Waals surface area contributed by atoms with Crippen LogP contribution in [0.4, 0.5) is 0 Å². The molecule has 2 amide bonds. The quantitative estimate of drug-likeness (QED) is 0.751. The average Bonchev–Trinajstić information content (AvgIpc) is 2.11. The van der Waals surface area contributed by atoms with Crippen molar-refractivity contribution >= 4 is 17.8 Å². The molecule has 0 fully saturated rings. The molecule has 0 aliphatic heterocycles. The molecule has 0 spiro atoms. The lowest BCUT2D eigenvalue weighted by Gasteiger charge is -2.24. The van der Waals surface area contributed by atoms with E-state index in [9.17, 15) is 14.4 Å². The summed E-state index contributed by atoms with van der Waals surface area (Å²) < 4.78 is 0. The highest BCUT2D eigenvalue weighted by atomic mass is 16.4. The van der Waals surface area contributed by atoms with Gasteiger partial charge in [0.1, 0.15) is 0 Å². The van der Waals surface area contributed by atoms with Crippen molar-refractivity contribution in [3.63, 3.8) is 0 Å². The summed E-state index contributed by atoms with van der Waals surface area (Å²) in [7, 11) is 1.54. The van der Waals surface area contributed by atoms with Gasteiger partial charge in [-0.2, -0.15) is 0 Å². The molecule has 0 radical (unpaired) electrons. The van der Waals surface area contributed by atoms with Gasteiger partial charge in [0.2, 0.25) is 11.8 Å². The van der Waals surface area contributed by atoms with Gasteiger partial charge in [0.05, 0.1) is 6.54 Å². The summed E-state index contributed by atoms with van der Waals surface area (Å²) >= 11 is 0. The van der Waals surface area contributed by atoms with Crippen molar-refractivity contribution in [2.45, 2.75) is 46.1 Å². The minimum Gasteiger partial charge on any atom is -0.481 e. The summed E-state index contributed by atoms with van der Waals surface area (Å²) in [4.78, 5) is 35.3. The van der Waals surface area contributed by atoms with Crippen molar-refractivity contribution in [3.05, 3.63) is 0 Å². The van der Waals surface area contributed by atoms with Crippen molar-refractivity contribution in [1.82, 2.24) is 10.2 Å². The number of rotatable bonds is 6. The number of carbonyl (C=O) groups excluding carboxylic acids is 2. The maximum atomic E-state index is 11.8. The molecular weight excluding hydrogens is 248 g/mol. The maximum Gasteiger partial charge on any atom is 0.303 e. The largest absolute Gasteiger partial charge is 0.481 e. The average molecular weight is 272 g/mol. The molecule has 19 heavy (non-hydrogen) atoms. The van der Waals surface area contributed by atoms with Crippen LogP contribution in [0.15, 0.2) is 0 Å². The second kappa shape index (κ2) is 7.11. The van der Waals surface area contributed by atoms with E-state index in [4.69, 9.17) is 5.11 Å². The van der Waals surface area contributed by atoms with E-state index in [1.165, 1.54) is 11.9 Å². The van der Waals surface area contributed by atoms with Crippen LogP contribution >= 0.6 is 0 Å². The maximum absolute atomic E-state index is 11.8. The molecule has 1 unspecified atom stereocenters. The number of carboxylic acid groups (broad SMARTS) is 1. The van der Waals surface area contributed by atoms with Crippen molar-refractivity contribution in [2.75, 3.05) is 13.6 Å². The van der Waals surface area contributed by atoms with Crippen molar-refractivity contribution in [2.24, 2.45) is 5.92 Å². The van der Waals surface area contributed by atoms with Gasteiger partial charge in [0.25, 0.3) is 0 Å². The van der Waals surface area contributed by atoms with Gasteiger partial charge >= 0.3 is 5.97 Å². The van der Waals surface area contributed by atoms with Gasteiger partial charge < -0.3 is 15.3 Å². The Morgan fingerprint density at radius 1 is 1.21 bits per heavy atom. The van der Waals surface area contributed by atoms with Crippen LogP contribution in [0.2, 0.25) is 0 Å². The molecule has 0 bridgehead atoms. The van der Waals surface area contributed by atoms with Gasteiger partial charge in [-0.15, -0.1) is 0 Å². The Balaban J connectivity index is 4.20. The predicted octanol–water partition coefficient (Wildman–Crippen LogP) is 0.860. The van der Waals surface area contributed by atoms with Crippen LogP contribution in [-0.4, -0.2) is 46.9 Å². The molecule has 0 saturated heterocycles. The highest BCUT2D eigenvalue weighted by Crippen LogP contribution is 2.09. The second-order valence-corrected chi connectivity index (χ2v) is 5.96. The first-order valence-corrected chi connectivity index (χ1v) is 6.28. The predicted molar refractivity (Wildman–Crippen MR) is 71.6 cm³/mol. The van der Waals surface area contributed by atoms with Crippen molar-refractivity contribution in [1.29, 1.82) is 0 Å². The van der Waals surface area contributed by atoms with Crippen LogP contribution < -0.4 is 5.32 Å². The van der Waals surface area contributed by atoms with E-state index in [1.54, 1.807) is 6.92 Å². The first-order chi connectivity index (χ1) is 8.51. The fourth-order valence-electron chi connectivity index (χ4n) is 1.59. The van der Waals surface area contributed by atoms with E-state index < -0.39 is 5.97 Å². The summed E-state index contributed by atoms with van der Waals surface area (Å²) in [5.41, 5.74) is -0.336. The molecule has 0 heterocycles. The molecule has 0 aromatic carbocycles. The number of nitrogens with one attached hydrogen (secondary N) is 1. The molecule has 1 atom stereocenters. The van der Waals surface area contributed by atoms with Gasteiger partial charge in [0, 0.05) is 25.4 Å². The van der Waals surface area contributed by atoms with E-state index in [1.807, 2.05) is 20.8 Å². The lowest BCUT2D eigenvalue weighted by molar-refractivity contribution is -0.139. The number of hydrogen-bond donors (Lipinski definition) is 2. The van der Waals surface area contributed by atoms with E-state index in [2.05, 4.69) is 5.32 Å². The highest BCUT2D eigenvalue weighted by Gasteiger charge is 2.19. The van der Waals surface area contributed by atoms with E-state index in [-0.39, 0.29) is 42.7 Å². The number of carboxylic acids is 1. The minimum atomic E-state index is -0.923. The Morgan fingerprint density at radius 2 is 1.74 bits per heavy atom. The van der Waals surface area contributed by atoms with Crippen molar-refractivity contribution < 1.29 is 19.5 Å². The fourth-order valence-corrected chi connectivity index (χ4v) is 1.59. The molecule has 0 rings (SSSR count). The van der Waals surface area contributed by atoms with Gasteiger partial charge in [0.15, 0.2) is 0 Å². The monoisotopic (exact) mass is 272 g/mol. The molecule has 0 saturated carbocycles. The van der Waals surface area contributed by atoms with Gasteiger partial charge in [-0.3, -0.25) is 14.4 Å². The SMILES string of the molecule is CC(CC(=O)O)CC(=O)N(C)CC(=O)NC(C)(C)C. The Hall–Kier alpha value is -1.59. The van der Waals surface area contributed by atoms with E-state index in [0.717, 1.165) is 0 Å². The second-order valence-electron chi connectivity index (χ2n) is 5.96. The van der Waals surface area contributed by atoms with Crippen LogP contribution in [0.25, 0.3) is 0 Å². The fraction of sp³-hybridized carbons (Fsp3) is 0.769. The lowest BCUT2D eigenvalue weighted by Crippen LogP contribution is -2.46. The zero-order valence-electron chi connectivity index (χ0n) is 12.3. The molecule has 0 aromatic heterocycles. The highest BCUT2D eigenvalue weighted by molar-refractivity contribution is 5.85. The van der Waals surface area contributed by atoms with Crippen LogP contribution in [-0.2, 0) is 14.4 Å². The van der Waals surface area contributed by atoms with Crippen molar-refractivity contribution in [3.8, 4) is 0 Å². The number of likely N-dealkylation sites (N-methyl/N-ethyl adjacent to an activating group) is 1. The van der Waals surface area contributed by atoms with Crippen LogP contribution in [0, 0.1) is 5.92 Å². The first kappa shape index (κ1) is 17.4. The molecule has 2 N–H and O–H groups in total. The molecule has 6 nitrogen and oxygen atoms in total. The van der Waals surface area contributed by atoms with Gasteiger partial charge in [-0.25, -0.2) is 0 Å². The van der Waals surface area contributed by atoms with Crippen LogP contribution in [0.5, 0.6) is 0 Å². The molecule has 6 heteroatoms. The summed E-state index contributed by atoms with van der Waals surface area (Å²) in [6, 6.07) is 0. The molecule has 110 valence electrons. The summed E-state index contributed by atoms with van der Waals surface area (Å²) in [5.74, 6) is -1.61. The zero-order valence-corrected chi connectivity index (χ0v) is 12.3. The molecular formula is C13H24N2O4. The Morgan fingerprint density at radius 3 is 2.16 bits per heavy atom. The lowest BCUT2D eigenvalue weighted by atomic mass is 10.0. The molecule has 0 aromatic rings. The molecule has 0 aliphatic carbocycles. The molecule has 0 aliphatic rings. The van der Waals surface area contributed by atoms with E-state index >= 15 is 0 Å². The standard InChI is InChI=1S/C13H24N2O4/c1-9(7-12(18)19)6-11(17)15(5)8-10(16)14-13(2,3)4/h9H,6-8H2,1-5H3,(H,14,16)(H,18,19).